The highest BCUT2D eigenvalue weighted by atomic mass is 16.5. The lowest BCUT2D eigenvalue weighted by atomic mass is 10.2. The van der Waals surface area contributed by atoms with E-state index in [9.17, 15) is 0 Å². The van der Waals surface area contributed by atoms with Gasteiger partial charge in [-0.2, -0.15) is 5.10 Å². The maximum absolute atomic E-state index is 4.96. The van der Waals surface area contributed by atoms with Gasteiger partial charge in [0.2, 0.25) is 0 Å². The van der Waals surface area contributed by atoms with Gasteiger partial charge in [0.1, 0.15) is 0 Å². The van der Waals surface area contributed by atoms with E-state index in [1.807, 2.05) is 0 Å². The van der Waals surface area contributed by atoms with Crippen LogP contribution in [-0.2, 0) is 17.6 Å². The number of hydrogen-bond donors (Lipinski definition) is 2. The molecule has 1 aromatic heterocycles. The largest absolute Gasteiger partial charge is 0.383 e. The van der Waals surface area contributed by atoms with E-state index < -0.39 is 0 Å². The monoisotopic (exact) mass is 181 g/mol. The Morgan fingerprint density at radius 1 is 1.54 bits per heavy atom. The molecule has 0 saturated heterocycles. The smallest absolute Gasteiger partial charge is 0.151 e. The van der Waals surface area contributed by atoms with Crippen molar-refractivity contribution in [1.29, 1.82) is 0 Å². The minimum Gasteiger partial charge on any atom is -0.383 e. The van der Waals surface area contributed by atoms with Crippen LogP contribution in [0.2, 0.25) is 0 Å². The predicted octanol–water partition coefficient (Wildman–Crippen LogP) is 0.957. The molecule has 1 aliphatic carbocycles. The number of methoxy groups -OCH3 is 1. The molecule has 0 fully saturated rings. The highest BCUT2D eigenvalue weighted by Crippen LogP contribution is 2.25. The van der Waals surface area contributed by atoms with Crippen LogP contribution in [0.15, 0.2) is 0 Å². The van der Waals surface area contributed by atoms with Crippen molar-refractivity contribution in [2.75, 3.05) is 25.6 Å². The van der Waals surface area contributed by atoms with E-state index >= 15 is 0 Å². The fourth-order valence-electron chi connectivity index (χ4n) is 1.74. The summed E-state index contributed by atoms with van der Waals surface area (Å²) in [6.45, 7) is 1.55. The van der Waals surface area contributed by atoms with Gasteiger partial charge in [0.05, 0.1) is 6.61 Å². The molecule has 0 amide bonds. The van der Waals surface area contributed by atoms with E-state index in [1.165, 1.54) is 17.7 Å². The quantitative estimate of drug-likeness (QED) is 0.680. The first-order valence-electron chi connectivity index (χ1n) is 4.70. The van der Waals surface area contributed by atoms with Crippen LogP contribution >= 0.6 is 0 Å². The van der Waals surface area contributed by atoms with E-state index in [1.54, 1.807) is 7.11 Å². The number of H-pyrrole nitrogens is 1. The lowest BCUT2D eigenvalue weighted by Crippen LogP contribution is -2.08. The molecule has 1 aliphatic rings. The molecule has 0 radical (unpaired) electrons. The second-order valence-electron chi connectivity index (χ2n) is 3.30. The normalized spacial score (nSPS) is 14.5. The number of rotatable bonds is 4. The first-order valence-corrected chi connectivity index (χ1v) is 4.70. The van der Waals surface area contributed by atoms with Gasteiger partial charge in [-0.05, 0) is 19.3 Å². The average Bonchev–Trinajstić information content (AvgIpc) is 2.68. The van der Waals surface area contributed by atoms with Gasteiger partial charge in [0, 0.05) is 24.9 Å². The molecule has 0 unspecified atom stereocenters. The lowest BCUT2D eigenvalue weighted by molar-refractivity contribution is 0.210. The summed E-state index contributed by atoms with van der Waals surface area (Å²) >= 11 is 0. The van der Waals surface area contributed by atoms with Crippen LogP contribution in [0.25, 0.3) is 0 Å². The Morgan fingerprint density at radius 3 is 3.31 bits per heavy atom. The number of aryl methyl sites for hydroxylation is 1. The molecule has 0 aromatic carbocycles. The molecule has 0 saturated carbocycles. The summed E-state index contributed by atoms with van der Waals surface area (Å²) in [5.41, 5.74) is 2.68. The van der Waals surface area contributed by atoms with Crippen molar-refractivity contribution in [3.8, 4) is 0 Å². The molecule has 0 bridgehead atoms. The Labute approximate surface area is 77.7 Å². The molecule has 0 atom stereocenters. The maximum atomic E-state index is 4.96. The van der Waals surface area contributed by atoms with Crippen LogP contribution in [0.4, 0.5) is 5.82 Å². The summed E-state index contributed by atoms with van der Waals surface area (Å²) in [6, 6.07) is 0. The number of nitrogens with one attached hydrogen (secondary N) is 2. The minimum atomic E-state index is 0.724. The number of nitrogens with zero attached hydrogens (tertiary/aromatic N) is 1. The van der Waals surface area contributed by atoms with Crippen LogP contribution in [0.1, 0.15) is 17.7 Å². The van der Waals surface area contributed by atoms with Crippen molar-refractivity contribution < 1.29 is 4.74 Å². The van der Waals surface area contributed by atoms with Crippen LogP contribution in [0.3, 0.4) is 0 Å². The van der Waals surface area contributed by atoms with Crippen molar-refractivity contribution >= 4 is 5.82 Å². The van der Waals surface area contributed by atoms with E-state index in [0.29, 0.717) is 0 Å². The molecular weight excluding hydrogens is 166 g/mol. The third-order valence-corrected chi connectivity index (χ3v) is 2.40. The van der Waals surface area contributed by atoms with Gasteiger partial charge < -0.3 is 10.1 Å². The Bertz CT molecular complexity index is 282. The second kappa shape index (κ2) is 3.79. The van der Waals surface area contributed by atoms with Crippen LogP contribution in [0, 0.1) is 0 Å². The van der Waals surface area contributed by atoms with Crippen molar-refractivity contribution in [3.05, 3.63) is 11.3 Å². The maximum Gasteiger partial charge on any atom is 0.151 e. The van der Waals surface area contributed by atoms with E-state index in [2.05, 4.69) is 15.5 Å². The molecular formula is C9H15N3O. The van der Waals surface area contributed by atoms with E-state index in [-0.39, 0.29) is 0 Å². The Kier molecular flexibility index (Phi) is 2.49. The predicted molar refractivity (Wildman–Crippen MR) is 51.0 cm³/mol. The Hall–Kier alpha value is -1.03. The number of hydrogen-bond acceptors (Lipinski definition) is 3. The highest BCUT2D eigenvalue weighted by molar-refractivity contribution is 5.48. The third-order valence-electron chi connectivity index (χ3n) is 2.40. The fourth-order valence-corrected chi connectivity index (χ4v) is 1.74. The second-order valence-corrected chi connectivity index (χ2v) is 3.30. The van der Waals surface area contributed by atoms with Crippen LogP contribution < -0.4 is 5.32 Å². The molecule has 0 spiro atoms. The third kappa shape index (κ3) is 1.67. The SMILES string of the molecule is COCCNc1n[nH]c2c1CCC2. The summed E-state index contributed by atoms with van der Waals surface area (Å²) in [6.07, 6.45) is 3.55. The van der Waals surface area contributed by atoms with Gasteiger partial charge in [-0.1, -0.05) is 0 Å². The zero-order valence-electron chi connectivity index (χ0n) is 7.89. The molecule has 4 heteroatoms. The molecule has 0 aliphatic heterocycles. The van der Waals surface area contributed by atoms with Crippen molar-refractivity contribution in [2.45, 2.75) is 19.3 Å². The lowest BCUT2D eigenvalue weighted by Gasteiger charge is -2.02. The van der Waals surface area contributed by atoms with Gasteiger partial charge in [-0.3, -0.25) is 5.10 Å². The molecule has 2 N–H and O–H groups in total. The molecule has 2 rings (SSSR count). The molecule has 4 nitrogen and oxygen atoms in total. The summed E-state index contributed by atoms with van der Waals surface area (Å²) in [4.78, 5) is 0. The van der Waals surface area contributed by atoms with Crippen molar-refractivity contribution in [1.82, 2.24) is 10.2 Å². The number of fused-ring (bicyclic) bond motifs is 1. The highest BCUT2D eigenvalue weighted by Gasteiger charge is 2.17. The van der Waals surface area contributed by atoms with Crippen LogP contribution in [-0.4, -0.2) is 30.5 Å². The van der Waals surface area contributed by atoms with E-state index in [0.717, 1.165) is 31.8 Å². The van der Waals surface area contributed by atoms with Gasteiger partial charge in [0.25, 0.3) is 0 Å². The summed E-state index contributed by atoms with van der Waals surface area (Å²) in [7, 11) is 1.71. The molecule has 1 heterocycles. The number of aromatic amines is 1. The van der Waals surface area contributed by atoms with E-state index in [4.69, 9.17) is 4.74 Å². The van der Waals surface area contributed by atoms with Crippen molar-refractivity contribution in [3.63, 3.8) is 0 Å². The number of ether oxygens (including phenoxy) is 1. The summed E-state index contributed by atoms with van der Waals surface area (Å²) < 4.78 is 4.96. The van der Waals surface area contributed by atoms with Gasteiger partial charge in [-0.25, -0.2) is 0 Å². The molecule has 13 heavy (non-hydrogen) atoms. The summed E-state index contributed by atoms with van der Waals surface area (Å²) in [5, 5.41) is 10.5. The van der Waals surface area contributed by atoms with Crippen molar-refractivity contribution in [2.24, 2.45) is 0 Å². The Balaban J connectivity index is 1.96. The zero-order valence-corrected chi connectivity index (χ0v) is 7.89. The zero-order chi connectivity index (χ0) is 9.10. The summed E-state index contributed by atoms with van der Waals surface area (Å²) in [5.74, 6) is 1.02. The topological polar surface area (TPSA) is 49.9 Å². The first-order chi connectivity index (χ1) is 6.42. The molecule has 1 aromatic rings. The van der Waals surface area contributed by atoms with Gasteiger partial charge in [-0.15, -0.1) is 0 Å². The molecule has 72 valence electrons. The van der Waals surface area contributed by atoms with Crippen LogP contribution in [0.5, 0.6) is 0 Å². The van der Waals surface area contributed by atoms with Gasteiger partial charge in [0.15, 0.2) is 5.82 Å². The number of anilines is 1. The average molecular weight is 181 g/mol. The Morgan fingerprint density at radius 2 is 2.46 bits per heavy atom. The minimum absolute atomic E-state index is 0.724. The standard InChI is InChI=1S/C9H15N3O/c1-13-6-5-10-9-7-3-2-4-8(7)11-12-9/h2-6H2,1H3,(H2,10,11,12). The fraction of sp³-hybridized carbons (Fsp3) is 0.667. The van der Waals surface area contributed by atoms with Gasteiger partial charge >= 0.3 is 0 Å². The number of aromatic nitrogens is 2. The first kappa shape index (κ1) is 8.56.